The molecule has 4 N–H and O–H groups in total. The third-order valence-corrected chi connectivity index (χ3v) is 8.07. The van der Waals surface area contributed by atoms with E-state index in [4.69, 9.17) is 4.74 Å². The van der Waals surface area contributed by atoms with E-state index >= 15 is 0 Å². The molecule has 0 radical (unpaired) electrons. The number of phenolic OH excluding ortho intramolecular Hbond substituents is 1. The van der Waals surface area contributed by atoms with E-state index in [-0.39, 0.29) is 29.3 Å². The van der Waals surface area contributed by atoms with Gasteiger partial charge in [-0.3, -0.25) is 9.78 Å². The molecule has 9 nitrogen and oxygen atoms in total. The van der Waals surface area contributed by atoms with Crippen molar-refractivity contribution in [2.24, 2.45) is 0 Å². The van der Waals surface area contributed by atoms with Gasteiger partial charge in [-0.1, -0.05) is 36.4 Å². The molecule has 196 valence electrons. The zero-order valence-electron chi connectivity index (χ0n) is 20.7. The summed E-state index contributed by atoms with van der Waals surface area (Å²) in [5, 5.41) is 13.2. The molecule has 4 rings (SSSR count). The van der Waals surface area contributed by atoms with Gasteiger partial charge < -0.3 is 15.2 Å². The van der Waals surface area contributed by atoms with Crippen LogP contribution in [0.4, 0.5) is 0 Å². The monoisotopic (exact) mass is 524 g/mol. The van der Waals surface area contributed by atoms with Crippen LogP contribution in [0.2, 0.25) is 0 Å². The van der Waals surface area contributed by atoms with Crippen LogP contribution >= 0.6 is 0 Å². The lowest BCUT2D eigenvalue weighted by Crippen LogP contribution is -2.49. The van der Waals surface area contributed by atoms with Crippen LogP contribution in [0.15, 0.2) is 73.1 Å². The van der Waals surface area contributed by atoms with Gasteiger partial charge in [0.1, 0.15) is 17.1 Å². The highest BCUT2D eigenvalue weighted by molar-refractivity contribution is 7.87. The molecule has 0 spiro atoms. The molecule has 1 aliphatic rings. The van der Waals surface area contributed by atoms with Gasteiger partial charge in [0.05, 0.1) is 7.11 Å². The molecule has 2 aromatic carbocycles. The quantitative estimate of drug-likeness (QED) is 0.323. The van der Waals surface area contributed by atoms with Crippen LogP contribution in [0.3, 0.4) is 0 Å². The van der Waals surface area contributed by atoms with Crippen LogP contribution in [0.5, 0.6) is 11.5 Å². The lowest BCUT2D eigenvalue weighted by Gasteiger charge is -2.41. The Bertz CT molecular complexity index is 1290. The molecule has 1 aliphatic carbocycles. The largest absolute Gasteiger partial charge is 0.507 e. The highest BCUT2D eigenvalue weighted by Gasteiger charge is 2.38. The zero-order chi connectivity index (χ0) is 26.3. The molecule has 0 bridgehead atoms. The van der Waals surface area contributed by atoms with Crippen molar-refractivity contribution in [3.63, 3.8) is 0 Å². The van der Waals surface area contributed by atoms with Crippen molar-refractivity contribution in [3.8, 4) is 11.5 Å². The lowest BCUT2D eigenvalue weighted by molar-refractivity contribution is 0.0929. The summed E-state index contributed by atoms with van der Waals surface area (Å²) in [5.41, 5.74) is 1.62. The molecular weight excluding hydrogens is 492 g/mol. The highest BCUT2D eigenvalue weighted by atomic mass is 32.2. The fourth-order valence-electron chi connectivity index (χ4n) is 4.84. The summed E-state index contributed by atoms with van der Waals surface area (Å²) in [6.45, 7) is 0.521. The van der Waals surface area contributed by atoms with E-state index in [1.54, 1.807) is 36.7 Å². The van der Waals surface area contributed by atoms with E-state index in [1.807, 2.05) is 30.3 Å². The Labute approximate surface area is 217 Å². The Hall–Kier alpha value is -3.47. The molecule has 0 atom stereocenters. The third-order valence-electron chi connectivity index (χ3n) is 6.90. The number of aromatic nitrogens is 1. The number of carbonyl (C=O) groups excluding carboxylic acids is 1. The second-order valence-electron chi connectivity index (χ2n) is 9.26. The van der Waals surface area contributed by atoms with Crippen LogP contribution < -0.4 is 19.5 Å². The number of nitrogens with zero attached hydrogens (tertiary/aromatic N) is 1. The molecule has 1 heterocycles. The van der Waals surface area contributed by atoms with Gasteiger partial charge in [0.15, 0.2) is 0 Å². The number of pyridine rings is 1. The lowest BCUT2D eigenvalue weighted by atomic mass is 9.68. The van der Waals surface area contributed by atoms with E-state index in [0.717, 1.165) is 11.1 Å². The van der Waals surface area contributed by atoms with Gasteiger partial charge in [0.2, 0.25) is 0 Å². The number of ether oxygens (including phenoxy) is 1. The minimum Gasteiger partial charge on any atom is -0.507 e. The number of amides is 1. The van der Waals surface area contributed by atoms with Gasteiger partial charge in [-0.05, 0) is 61.1 Å². The van der Waals surface area contributed by atoms with Gasteiger partial charge in [-0.25, -0.2) is 0 Å². The van der Waals surface area contributed by atoms with Crippen molar-refractivity contribution in [2.45, 2.75) is 43.7 Å². The fraction of sp³-hybridized carbons (Fsp3) is 0.333. The SMILES string of the molecule is COc1cccc(O)c1C(=O)NC[C@]1(c2ccccc2)CC[C@@H](NS(=O)(=O)NCc2ccncc2)CC1. The fourth-order valence-corrected chi connectivity index (χ4v) is 5.96. The van der Waals surface area contributed by atoms with E-state index in [1.165, 1.54) is 13.2 Å². The first-order chi connectivity index (χ1) is 17.8. The van der Waals surface area contributed by atoms with Gasteiger partial charge in [0.25, 0.3) is 16.1 Å². The van der Waals surface area contributed by atoms with Crippen LogP contribution in [0, 0.1) is 0 Å². The van der Waals surface area contributed by atoms with Gasteiger partial charge in [0, 0.05) is 36.9 Å². The molecule has 0 unspecified atom stereocenters. The number of carbonyl (C=O) groups is 1. The summed E-state index contributed by atoms with van der Waals surface area (Å²) in [6.07, 6.45) is 5.81. The molecule has 1 amide bonds. The maximum Gasteiger partial charge on any atom is 0.277 e. The van der Waals surface area contributed by atoms with E-state index < -0.39 is 16.1 Å². The van der Waals surface area contributed by atoms with E-state index in [2.05, 4.69) is 19.7 Å². The predicted molar refractivity (Wildman–Crippen MR) is 141 cm³/mol. The number of nitrogens with one attached hydrogen (secondary N) is 3. The zero-order valence-corrected chi connectivity index (χ0v) is 21.5. The predicted octanol–water partition coefficient (Wildman–Crippen LogP) is 3.03. The first kappa shape index (κ1) is 26.6. The smallest absolute Gasteiger partial charge is 0.277 e. The molecule has 0 aliphatic heterocycles. The molecule has 0 saturated heterocycles. The van der Waals surface area contributed by atoms with Crippen LogP contribution in [0.1, 0.15) is 47.2 Å². The molecule has 37 heavy (non-hydrogen) atoms. The molecular formula is C27H32N4O5S. The topological polar surface area (TPSA) is 130 Å². The molecule has 10 heteroatoms. The van der Waals surface area contributed by atoms with Crippen molar-refractivity contribution in [1.82, 2.24) is 19.7 Å². The van der Waals surface area contributed by atoms with Crippen LogP contribution in [-0.4, -0.2) is 44.1 Å². The standard InChI is InChI=1S/C27H32N4O5S/c1-36-24-9-5-8-23(32)25(24)26(33)29-19-27(21-6-3-2-4-7-21)14-10-22(11-15-27)31-37(34,35)30-18-20-12-16-28-17-13-20/h2-9,12-13,16-17,22,30-32H,10-11,14-15,18-19H2,1H3,(H,29,33)/t22-,27+. The van der Waals surface area contributed by atoms with E-state index in [9.17, 15) is 18.3 Å². The minimum atomic E-state index is -3.69. The first-order valence-corrected chi connectivity index (χ1v) is 13.7. The number of hydrogen-bond donors (Lipinski definition) is 4. The van der Waals surface area contributed by atoms with Crippen molar-refractivity contribution in [1.29, 1.82) is 0 Å². The second kappa shape index (κ2) is 11.7. The maximum atomic E-state index is 13.0. The third kappa shape index (κ3) is 6.65. The Morgan fingerprint density at radius 2 is 1.76 bits per heavy atom. The summed E-state index contributed by atoms with van der Waals surface area (Å²) in [7, 11) is -2.24. The molecule has 1 fully saturated rings. The highest BCUT2D eigenvalue weighted by Crippen LogP contribution is 2.39. The second-order valence-corrected chi connectivity index (χ2v) is 10.8. The van der Waals surface area contributed by atoms with Crippen molar-refractivity contribution < 1.29 is 23.1 Å². The van der Waals surface area contributed by atoms with Crippen molar-refractivity contribution in [2.75, 3.05) is 13.7 Å². The summed E-state index contributed by atoms with van der Waals surface area (Å²) >= 11 is 0. The molecule has 1 aromatic heterocycles. The Balaban J connectivity index is 1.43. The normalized spacial score (nSPS) is 19.8. The first-order valence-electron chi connectivity index (χ1n) is 12.2. The average Bonchev–Trinajstić information content (AvgIpc) is 2.92. The average molecular weight is 525 g/mol. The van der Waals surface area contributed by atoms with E-state index in [0.29, 0.717) is 38.0 Å². The van der Waals surface area contributed by atoms with Crippen molar-refractivity contribution >= 4 is 16.1 Å². The number of aromatic hydroxyl groups is 1. The van der Waals surface area contributed by atoms with Gasteiger partial charge in [-0.15, -0.1) is 0 Å². The van der Waals surface area contributed by atoms with Crippen LogP contribution in [-0.2, 0) is 22.2 Å². The number of hydrogen-bond acceptors (Lipinski definition) is 6. The van der Waals surface area contributed by atoms with Gasteiger partial charge >= 0.3 is 0 Å². The summed E-state index contributed by atoms with van der Waals surface area (Å²) in [6, 6.07) is 17.9. The Morgan fingerprint density at radius 3 is 2.43 bits per heavy atom. The molecule has 1 saturated carbocycles. The summed E-state index contributed by atoms with van der Waals surface area (Å²) < 4.78 is 35.9. The summed E-state index contributed by atoms with van der Waals surface area (Å²) in [4.78, 5) is 17.0. The Morgan fingerprint density at radius 1 is 1.05 bits per heavy atom. The number of methoxy groups -OCH3 is 1. The number of phenols is 1. The number of rotatable bonds is 10. The molecule has 3 aromatic rings. The summed E-state index contributed by atoms with van der Waals surface area (Å²) in [5.74, 6) is -0.278. The van der Waals surface area contributed by atoms with Crippen molar-refractivity contribution in [3.05, 3.63) is 89.7 Å². The van der Waals surface area contributed by atoms with Gasteiger partial charge in [-0.2, -0.15) is 17.9 Å². The maximum absolute atomic E-state index is 13.0. The number of benzene rings is 2. The minimum absolute atomic E-state index is 0.0925. The van der Waals surface area contributed by atoms with Crippen LogP contribution in [0.25, 0.3) is 0 Å². The Kier molecular flexibility index (Phi) is 8.42.